The predicted octanol–water partition coefficient (Wildman–Crippen LogP) is 1.46. The van der Waals surface area contributed by atoms with Gasteiger partial charge in [-0.15, -0.1) is 0 Å². The van der Waals surface area contributed by atoms with Crippen molar-refractivity contribution in [2.75, 3.05) is 6.54 Å². The van der Waals surface area contributed by atoms with E-state index in [-0.39, 0.29) is 6.04 Å². The van der Waals surface area contributed by atoms with Crippen molar-refractivity contribution in [1.82, 2.24) is 4.98 Å². The van der Waals surface area contributed by atoms with E-state index in [1.165, 1.54) is 0 Å². The van der Waals surface area contributed by atoms with Gasteiger partial charge < -0.3 is 11.5 Å². The Morgan fingerprint density at radius 2 is 2.33 bits per heavy atom. The molecule has 0 saturated carbocycles. The molecule has 0 bridgehead atoms. The Kier molecular flexibility index (Phi) is 3.46. The van der Waals surface area contributed by atoms with Crippen molar-refractivity contribution >= 4 is 27.5 Å². The lowest BCUT2D eigenvalue weighted by Crippen LogP contribution is -2.21. The van der Waals surface area contributed by atoms with Crippen LogP contribution in [0.25, 0.3) is 0 Å². The molecule has 0 aliphatic heterocycles. The van der Waals surface area contributed by atoms with E-state index in [9.17, 15) is 0 Å². The van der Waals surface area contributed by atoms with Gasteiger partial charge in [-0.1, -0.05) is 11.6 Å². The van der Waals surface area contributed by atoms with Crippen LogP contribution in [-0.2, 0) is 0 Å². The molecule has 1 unspecified atom stereocenters. The minimum Gasteiger partial charge on any atom is -0.329 e. The van der Waals surface area contributed by atoms with E-state index >= 15 is 0 Å². The van der Waals surface area contributed by atoms with Crippen LogP contribution in [-0.4, -0.2) is 11.5 Å². The zero-order chi connectivity index (χ0) is 9.14. The molecule has 0 amide bonds. The number of hydrogen-bond acceptors (Lipinski definition) is 3. The van der Waals surface area contributed by atoms with Crippen molar-refractivity contribution in [3.05, 3.63) is 27.5 Å². The summed E-state index contributed by atoms with van der Waals surface area (Å²) in [4.78, 5) is 3.93. The second-order valence-electron chi connectivity index (χ2n) is 2.38. The lowest BCUT2D eigenvalue weighted by atomic mass is 10.1. The van der Waals surface area contributed by atoms with Crippen molar-refractivity contribution in [3.63, 3.8) is 0 Å². The molecule has 0 spiro atoms. The van der Waals surface area contributed by atoms with Crippen LogP contribution in [0, 0.1) is 0 Å². The van der Waals surface area contributed by atoms with Gasteiger partial charge in [0.2, 0.25) is 0 Å². The maximum absolute atomic E-state index is 5.80. The van der Waals surface area contributed by atoms with Crippen LogP contribution in [0.3, 0.4) is 0 Å². The van der Waals surface area contributed by atoms with Crippen molar-refractivity contribution in [1.29, 1.82) is 0 Å². The number of hydrogen-bond donors (Lipinski definition) is 2. The Labute approximate surface area is 84.2 Å². The van der Waals surface area contributed by atoms with Crippen molar-refractivity contribution in [2.45, 2.75) is 6.04 Å². The van der Waals surface area contributed by atoms with Gasteiger partial charge in [0.05, 0.1) is 0 Å². The molecule has 0 aliphatic carbocycles. The van der Waals surface area contributed by atoms with Crippen LogP contribution >= 0.6 is 27.5 Å². The second kappa shape index (κ2) is 4.18. The number of nitrogens with zero attached hydrogens (tertiary/aromatic N) is 1. The molecule has 4 N–H and O–H groups in total. The largest absolute Gasteiger partial charge is 0.329 e. The van der Waals surface area contributed by atoms with Gasteiger partial charge in [-0.05, 0) is 22.0 Å². The zero-order valence-corrected chi connectivity index (χ0v) is 8.64. The van der Waals surface area contributed by atoms with E-state index in [1.54, 1.807) is 6.20 Å². The Bertz CT molecular complexity index is 279. The fourth-order valence-corrected chi connectivity index (χ4v) is 1.42. The molecule has 5 heteroatoms. The third-order valence-electron chi connectivity index (χ3n) is 1.49. The summed E-state index contributed by atoms with van der Waals surface area (Å²) in [6, 6.07) is 1.58. The van der Waals surface area contributed by atoms with Crippen LogP contribution in [0.5, 0.6) is 0 Å². The first kappa shape index (κ1) is 9.92. The molecule has 0 saturated heterocycles. The highest BCUT2D eigenvalue weighted by Crippen LogP contribution is 2.22. The molecule has 0 fully saturated rings. The highest BCUT2D eigenvalue weighted by Gasteiger charge is 2.09. The maximum atomic E-state index is 5.80. The average molecular weight is 251 g/mol. The minimum atomic E-state index is -0.248. The third-order valence-corrected chi connectivity index (χ3v) is 2.24. The first-order valence-corrected chi connectivity index (χ1v) is 4.59. The van der Waals surface area contributed by atoms with Gasteiger partial charge in [-0.2, -0.15) is 0 Å². The van der Waals surface area contributed by atoms with E-state index in [0.717, 1.165) is 10.0 Å². The summed E-state index contributed by atoms with van der Waals surface area (Å²) in [5, 5.41) is 0.413. The number of rotatable bonds is 2. The molecule has 1 rings (SSSR count). The molecular weight excluding hydrogens is 241 g/mol. The summed E-state index contributed by atoms with van der Waals surface area (Å²) in [6.07, 6.45) is 1.62. The highest BCUT2D eigenvalue weighted by molar-refractivity contribution is 9.10. The first-order valence-electron chi connectivity index (χ1n) is 3.41. The highest BCUT2D eigenvalue weighted by atomic mass is 79.9. The number of halogens is 2. The predicted molar refractivity (Wildman–Crippen MR) is 52.9 cm³/mol. The van der Waals surface area contributed by atoms with Crippen LogP contribution in [0.2, 0.25) is 5.15 Å². The SMILES string of the molecule is NCC(N)c1cc(Br)cnc1Cl. The van der Waals surface area contributed by atoms with E-state index in [1.807, 2.05) is 6.07 Å². The van der Waals surface area contributed by atoms with E-state index in [0.29, 0.717) is 11.7 Å². The van der Waals surface area contributed by atoms with Gasteiger partial charge in [0.25, 0.3) is 0 Å². The number of nitrogens with two attached hydrogens (primary N) is 2. The molecule has 0 aromatic carbocycles. The fraction of sp³-hybridized carbons (Fsp3) is 0.286. The van der Waals surface area contributed by atoms with Gasteiger partial charge in [-0.3, -0.25) is 0 Å². The summed E-state index contributed by atoms with van der Waals surface area (Å²) >= 11 is 9.08. The van der Waals surface area contributed by atoms with Crippen LogP contribution in [0.4, 0.5) is 0 Å². The molecule has 0 radical (unpaired) electrons. The molecule has 12 heavy (non-hydrogen) atoms. The molecule has 1 aromatic rings. The van der Waals surface area contributed by atoms with Crippen LogP contribution < -0.4 is 11.5 Å². The second-order valence-corrected chi connectivity index (χ2v) is 3.65. The van der Waals surface area contributed by atoms with Crippen molar-refractivity contribution in [2.24, 2.45) is 11.5 Å². The maximum Gasteiger partial charge on any atom is 0.133 e. The van der Waals surface area contributed by atoms with Crippen molar-refractivity contribution in [3.8, 4) is 0 Å². The topological polar surface area (TPSA) is 64.9 Å². The first-order chi connectivity index (χ1) is 5.65. The van der Waals surface area contributed by atoms with Gasteiger partial charge in [0.15, 0.2) is 0 Å². The van der Waals surface area contributed by atoms with Gasteiger partial charge in [0, 0.05) is 28.8 Å². The molecule has 0 aliphatic rings. The molecule has 66 valence electrons. The molecule has 1 atom stereocenters. The van der Waals surface area contributed by atoms with Gasteiger partial charge in [0.1, 0.15) is 5.15 Å². The third kappa shape index (κ3) is 2.17. The van der Waals surface area contributed by atoms with E-state index < -0.39 is 0 Å². The lowest BCUT2D eigenvalue weighted by molar-refractivity contribution is 0.732. The molecule has 3 nitrogen and oxygen atoms in total. The summed E-state index contributed by atoms with van der Waals surface area (Å²) < 4.78 is 0.853. The standard InChI is InChI=1S/C7H9BrClN3/c8-4-1-5(6(11)2-10)7(9)12-3-4/h1,3,6H,2,10-11H2. The quantitative estimate of drug-likeness (QED) is 0.781. The summed E-state index contributed by atoms with van der Waals surface area (Å²) in [6.45, 7) is 0.359. The minimum absolute atomic E-state index is 0.248. The average Bonchev–Trinajstić information content (AvgIpc) is 2.08. The Morgan fingerprint density at radius 3 is 2.92 bits per heavy atom. The normalized spacial score (nSPS) is 13.0. The molecule has 1 aromatic heterocycles. The van der Waals surface area contributed by atoms with Crippen molar-refractivity contribution < 1.29 is 0 Å². The van der Waals surface area contributed by atoms with E-state index in [2.05, 4.69) is 20.9 Å². The zero-order valence-electron chi connectivity index (χ0n) is 6.30. The Hall–Kier alpha value is -0.160. The molecular formula is C7H9BrClN3. The fourth-order valence-electron chi connectivity index (χ4n) is 0.825. The summed E-state index contributed by atoms with van der Waals surface area (Å²) in [5.74, 6) is 0. The van der Waals surface area contributed by atoms with E-state index in [4.69, 9.17) is 23.1 Å². The Morgan fingerprint density at radius 1 is 1.67 bits per heavy atom. The summed E-state index contributed by atoms with van der Waals surface area (Å²) in [7, 11) is 0. The van der Waals surface area contributed by atoms with Crippen LogP contribution in [0.1, 0.15) is 11.6 Å². The summed E-state index contributed by atoms with van der Waals surface area (Å²) in [5.41, 5.74) is 11.9. The molecule has 1 heterocycles. The number of aromatic nitrogens is 1. The van der Waals surface area contributed by atoms with Gasteiger partial charge in [-0.25, -0.2) is 4.98 Å². The lowest BCUT2D eigenvalue weighted by Gasteiger charge is -2.10. The van der Waals surface area contributed by atoms with Crippen LogP contribution in [0.15, 0.2) is 16.7 Å². The van der Waals surface area contributed by atoms with Gasteiger partial charge >= 0.3 is 0 Å². The monoisotopic (exact) mass is 249 g/mol. The smallest absolute Gasteiger partial charge is 0.133 e. The Balaban J connectivity index is 3.04. The number of pyridine rings is 1.